The Morgan fingerprint density at radius 3 is 2.62 bits per heavy atom. The van der Waals surface area contributed by atoms with Crippen LogP contribution in [0.3, 0.4) is 0 Å². The molecular weight excluding hydrogens is 461 g/mol. The van der Waals surface area contributed by atoms with Crippen LogP contribution < -0.4 is 9.80 Å². The number of pyridine rings is 1. The number of hydrogen-bond acceptors (Lipinski definition) is 6. The summed E-state index contributed by atoms with van der Waals surface area (Å²) in [7, 11) is 0. The maximum absolute atomic E-state index is 13.1. The molecule has 3 aromatic heterocycles. The molecule has 0 radical (unpaired) electrons. The summed E-state index contributed by atoms with van der Waals surface area (Å²) < 4.78 is 65.9. The van der Waals surface area contributed by atoms with Gasteiger partial charge in [-0.2, -0.15) is 18.3 Å². The maximum atomic E-state index is 13.1. The molecule has 2 fully saturated rings. The van der Waals surface area contributed by atoms with Crippen LogP contribution in [-0.2, 0) is 17.5 Å². The van der Waals surface area contributed by atoms with E-state index in [0.29, 0.717) is 37.3 Å². The lowest BCUT2D eigenvalue weighted by molar-refractivity contribution is -0.137. The van der Waals surface area contributed by atoms with E-state index in [0.717, 1.165) is 23.0 Å². The van der Waals surface area contributed by atoms with Crippen LogP contribution in [0.2, 0.25) is 0 Å². The number of carbonyl (C=O) groups is 1. The van der Waals surface area contributed by atoms with E-state index in [1.54, 1.807) is 6.20 Å². The molecule has 1 unspecified atom stereocenters. The topological polar surface area (TPSA) is 80.0 Å². The van der Waals surface area contributed by atoms with Crippen molar-refractivity contribution < 1.29 is 26.7 Å². The molecule has 2 saturated heterocycles. The van der Waals surface area contributed by atoms with Crippen molar-refractivity contribution in [1.29, 1.82) is 0 Å². The predicted molar refractivity (Wildman–Crippen MR) is 111 cm³/mol. The number of amides is 1. The third kappa shape index (κ3) is 4.14. The van der Waals surface area contributed by atoms with Crippen LogP contribution in [0.25, 0.3) is 11.2 Å². The molecule has 13 heteroatoms. The van der Waals surface area contributed by atoms with Gasteiger partial charge in [-0.3, -0.25) is 9.69 Å². The number of hydrogen-bond donors (Lipinski definition) is 0. The Morgan fingerprint density at radius 2 is 1.88 bits per heavy atom. The first kappa shape index (κ1) is 22.4. The third-order valence-corrected chi connectivity index (χ3v) is 6.45. The van der Waals surface area contributed by atoms with Gasteiger partial charge in [-0.15, -0.1) is 0 Å². The zero-order chi connectivity index (χ0) is 24.1. The third-order valence-electron chi connectivity index (χ3n) is 6.45. The lowest BCUT2D eigenvalue weighted by Crippen LogP contribution is -2.46. The molecule has 2 aliphatic heterocycles. The Hall–Kier alpha value is -3.38. The van der Waals surface area contributed by atoms with Gasteiger partial charge in [0.2, 0.25) is 5.91 Å². The summed E-state index contributed by atoms with van der Waals surface area (Å²) in [5, 5.41) is 3.92. The van der Waals surface area contributed by atoms with Gasteiger partial charge in [-0.05, 0) is 25.0 Å². The lowest BCUT2D eigenvalue weighted by Gasteiger charge is -2.38. The van der Waals surface area contributed by atoms with Gasteiger partial charge in [0.15, 0.2) is 5.65 Å². The molecule has 5 rings (SSSR count). The van der Waals surface area contributed by atoms with Crippen LogP contribution in [0.5, 0.6) is 0 Å². The number of nitrogens with zero attached hydrogens (tertiary/aromatic N) is 7. The summed E-state index contributed by atoms with van der Waals surface area (Å²) in [6.07, 6.45) is -1.65. The molecule has 0 aliphatic carbocycles. The first-order chi connectivity index (χ1) is 16.1. The Kier molecular flexibility index (Phi) is 5.36. The molecule has 0 aromatic carbocycles. The van der Waals surface area contributed by atoms with E-state index < -0.39 is 24.7 Å². The van der Waals surface area contributed by atoms with Crippen LogP contribution in [0.15, 0.2) is 30.7 Å². The van der Waals surface area contributed by atoms with Crippen LogP contribution in [0.4, 0.5) is 33.6 Å². The number of fused-ring (bicyclic) bond motifs is 1. The number of halogens is 5. The molecule has 0 saturated carbocycles. The smallest absolute Gasteiger partial charge is 0.355 e. The average Bonchev–Trinajstić information content (AvgIpc) is 3.37. The molecule has 0 N–H and O–H groups in total. The Balaban J connectivity index is 1.31. The normalized spacial score (nSPS) is 21.4. The molecule has 1 atom stereocenters. The zero-order valence-electron chi connectivity index (χ0n) is 17.8. The highest BCUT2D eigenvalue weighted by Gasteiger charge is 2.45. The van der Waals surface area contributed by atoms with Crippen molar-refractivity contribution in [2.24, 2.45) is 5.41 Å². The molecule has 0 bridgehead atoms. The summed E-state index contributed by atoms with van der Waals surface area (Å²) in [6, 6.07) is 1.77. The number of alkyl halides is 5. The number of aromatic nitrogens is 5. The van der Waals surface area contributed by atoms with Crippen LogP contribution >= 0.6 is 0 Å². The Morgan fingerprint density at radius 1 is 1.09 bits per heavy atom. The second-order valence-electron chi connectivity index (χ2n) is 8.70. The molecule has 5 heterocycles. The summed E-state index contributed by atoms with van der Waals surface area (Å²) >= 11 is 0. The fourth-order valence-electron chi connectivity index (χ4n) is 4.70. The molecule has 1 amide bonds. The quantitative estimate of drug-likeness (QED) is 0.531. The minimum absolute atomic E-state index is 0.00635. The van der Waals surface area contributed by atoms with Gasteiger partial charge in [-0.25, -0.2) is 28.4 Å². The van der Waals surface area contributed by atoms with Crippen molar-refractivity contribution in [2.45, 2.75) is 38.4 Å². The average molecular weight is 481 g/mol. The van der Waals surface area contributed by atoms with E-state index in [9.17, 15) is 26.7 Å². The van der Waals surface area contributed by atoms with E-state index in [-0.39, 0.29) is 35.8 Å². The van der Waals surface area contributed by atoms with E-state index >= 15 is 0 Å². The zero-order valence-corrected chi connectivity index (χ0v) is 17.8. The minimum Gasteiger partial charge on any atom is -0.355 e. The molecular formula is C21H20F5N7O. The first-order valence-electron chi connectivity index (χ1n) is 10.7. The SMILES string of the molecule is O=C1CC2(CCN(c3cnc4cnn(CC(F)F)c4n3)C2)CCN1c1cc(C(F)(F)F)ccn1. The van der Waals surface area contributed by atoms with Crippen LogP contribution in [0.1, 0.15) is 24.8 Å². The lowest BCUT2D eigenvalue weighted by atomic mass is 9.77. The van der Waals surface area contributed by atoms with Gasteiger partial charge in [0.1, 0.15) is 23.7 Å². The standard InChI is InChI=1S/C21H20F5N7O/c22-15(23)11-33-19-14(9-29-33)28-10-17(30-19)31-5-2-20(12-31)3-6-32(18(34)8-20)16-7-13(1-4-27-16)21(24,25)26/h1,4,7,9-10,15H,2-3,5-6,8,11-12H2. The van der Waals surface area contributed by atoms with Crippen LogP contribution in [0, 0.1) is 5.41 Å². The van der Waals surface area contributed by atoms with Gasteiger partial charge in [-0.1, -0.05) is 0 Å². The van der Waals surface area contributed by atoms with Gasteiger partial charge >= 0.3 is 6.18 Å². The van der Waals surface area contributed by atoms with Gasteiger partial charge in [0, 0.05) is 37.7 Å². The van der Waals surface area contributed by atoms with Crippen molar-refractivity contribution in [1.82, 2.24) is 24.7 Å². The summed E-state index contributed by atoms with van der Waals surface area (Å²) in [6.45, 7) is 0.774. The van der Waals surface area contributed by atoms with Crippen molar-refractivity contribution in [3.63, 3.8) is 0 Å². The number of piperidine rings is 1. The number of rotatable bonds is 4. The summed E-state index contributed by atoms with van der Waals surface area (Å²) in [5.41, 5.74) is -0.525. The molecule has 3 aromatic rings. The highest BCUT2D eigenvalue weighted by atomic mass is 19.4. The van der Waals surface area contributed by atoms with Crippen molar-refractivity contribution in [3.05, 3.63) is 36.3 Å². The van der Waals surface area contributed by atoms with E-state index in [1.807, 2.05) is 4.90 Å². The van der Waals surface area contributed by atoms with E-state index in [4.69, 9.17) is 0 Å². The maximum Gasteiger partial charge on any atom is 0.416 e. The van der Waals surface area contributed by atoms with Crippen LogP contribution in [-0.4, -0.2) is 56.7 Å². The van der Waals surface area contributed by atoms with Crippen molar-refractivity contribution in [3.8, 4) is 0 Å². The number of carbonyl (C=O) groups excluding carboxylic acids is 1. The van der Waals surface area contributed by atoms with Crippen molar-refractivity contribution in [2.75, 3.05) is 29.4 Å². The highest BCUT2D eigenvalue weighted by molar-refractivity contribution is 5.94. The Bertz CT molecular complexity index is 1230. The number of anilines is 2. The predicted octanol–water partition coefficient (Wildman–Crippen LogP) is 3.53. The molecule has 180 valence electrons. The van der Waals surface area contributed by atoms with Crippen molar-refractivity contribution >= 4 is 28.7 Å². The van der Waals surface area contributed by atoms with Gasteiger partial charge < -0.3 is 4.90 Å². The van der Waals surface area contributed by atoms with Gasteiger partial charge in [0.05, 0.1) is 18.0 Å². The second-order valence-corrected chi connectivity index (χ2v) is 8.70. The van der Waals surface area contributed by atoms with Gasteiger partial charge in [0.25, 0.3) is 6.43 Å². The molecule has 2 aliphatic rings. The fraction of sp³-hybridized carbons (Fsp3) is 0.476. The molecule has 34 heavy (non-hydrogen) atoms. The largest absolute Gasteiger partial charge is 0.416 e. The summed E-state index contributed by atoms with van der Waals surface area (Å²) in [4.78, 5) is 28.9. The minimum atomic E-state index is -4.52. The second kappa shape index (κ2) is 8.13. The van der Waals surface area contributed by atoms with E-state index in [1.165, 1.54) is 11.1 Å². The summed E-state index contributed by atoms with van der Waals surface area (Å²) in [5.74, 6) is 0.222. The first-order valence-corrected chi connectivity index (χ1v) is 10.7. The Labute approximate surface area is 190 Å². The highest BCUT2D eigenvalue weighted by Crippen LogP contribution is 2.43. The van der Waals surface area contributed by atoms with E-state index in [2.05, 4.69) is 20.1 Å². The monoisotopic (exact) mass is 481 g/mol. The fourth-order valence-corrected chi connectivity index (χ4v) is 4.70. The molecule has 1 spiro atoms. The molecule has 8 nitrogen and oxygen atoms in total.